The second-order valence-corrected chi connectivity index (χ2v) is 11.1. The summed E-state index contributed by atoms with van der Waals surface area (Å²) in [5.41, 5.74) is 4.07. The van der Waals surface area contributed by atoms with Crippen molar-refractivity contribution in [1.29, 1.82) is 0 Å². The van der Waals surface area contributed by atoms with Crippen LogP contribution in [0.25, 0.3) is 0 Å². The second kappa shape index (κ2) is 17.7. The predicted molar refractivity (Wildman–Crippen MR) is 184 cm³/mol. The molecule has 10 nitrogen and oxygen atoms in total. The Hall–Kier alpha value is -6.16. The highest BCUT2D eigenvalue weighted by atomic mass is 16.5. The monoisotopic (exact) mass is 658 g/mol. The summed E-state index contributed by atoms with van der Waals surface area (Å²) in [4.78, 5) is 22.9. The molecule has 0 aliphatic carbocycles. The first-order chi connectivity index (χ1) is 24.0. The van der Waals surface area contributed by atoms with Gasteiger partial charge in [0.05, 0.1) is 32.0 Å². The zero-order valence-electron chi connectivity index (χ0n) is 27.1. The zero-order valence-corrected chi connectivity index (χ0v) is 27.1. The van der Waals surface area contributed by atoms with E-state index in [4.69, 9.17) is 19.3 Å². The van der Waals surface area contributed by atoms with Gasteiger partial charge in [-0.25, -0.2) is 0 Å². The minimum Gasteiger partial charge on any atom is -0.489 e. The third kappa shape index (κ3) is 10.4. The van der Waals surface area contributed by atoms with Gasteiger partial charge in [-0.15, -0.1) is 0 Å². The SMILES string of the molecule is COC(=O)CC(c1ccc(OCc2ccccc2)cc1)n1cccn1.O=C(O)CC(c1ccc(OCc2ccccc2)cc1)n1cccn1. The molecule has 250 valence electrons. The van der Waals surface area contributed by atoms with Gasteiger partial charge in [-0.05, 0) is 58.7 Å². The number of methoxy groups -OCH3 is 1. The van der Waals surface area contributed by atoms with Crippen molar-refractivity contribution >= 4 is 11.9 Å². The Bertz CT molecular complexity index is 1830. The van der Waals surface area contributed by atoms with E-state index in [1.54, 1.807) is 34.0 Å². The topological polar surface area (TPSA) is 118 Å². The van der Waals surface area contributed by atoms with E-state index >= 15 is 0 Å². The van der Waals surface area contributed by atoms with E-state index < -0.39 is 5.97 Å². The number of aromatic nitrogens is 4. The van der Waals surface area contributed by atoms with Crippen molar-refractivity contribution < 1.29 is 28.9 Å². The highest BCUT2D eigenvalue weighted by molar-refractivity contribution is 5.70. The van der Waals surface area contributed by atoms with Crippen LogP contribution in [0.3, 0.4) is 0 Å². The molecular weight excluding hydrogens is 620 g/mol. The molecular formula is C39H38N4O6. The summed E-state index contributed by atoms with van der Waals surface area (Å²) in [6, 6.07) is 38.2. The molecule has 6 aromatic rings. The highest BCUT2D eigenvalue weighted by Gasteiger charge is 2.19. The standard InChI is InChI=1S/C20H20N2O3.C19H18N2O3/c1-24-20(23)14-19(22-13-5-12-21-22)17-8-10-18(11-9-17)25-15-16-6-3-2-4-7-16;22-19(23)13-18(21-12-4-11-20-21)16-7-9-17(10-8-16)24-14-15-5-2-1-3-6-15/h2-13,19H,14-15H2,1H3;1-12,18H,13-14H2,(H,22,23). The van der Waals surface area contributed by atoms with Crippen molar-refractivity contribution in [3.63, 3.8) is 0 Å². The van der Waals surface area contributed by atoms with E-state index in [0.29, 0.717) is 13.2 Å². The van der Waals surface area contributed by atoms with Crippen LogP contribution in [0.2, 0.25) is 0 Å². The van der Waals surface area contributed by atoms with Crippen molar-refractivity contribution in [1.82, 2.24) is 19.6 Å². The smallest absolute Gasteiger partial charge is 0.308 e. The van der Waals surface area contributed by atoms with Gasteiger partial charge in [0.1, 0.15) is 24.7 Å². The normalized spacial score (nSPS) is 11.8. The largest absolute Gasteiger partial charge is 0.489 e. The molecule has 6 rings (SSSR count). The van der Waals surface area contributed by atoms with Crippen molar-refractivity contribution in [2.75, 3.05) is 7.11 Å². The number of carbonyl (C=O) groups excluding carboxylic acids is 1. The molecule has 0 bridgehead atoms. The lowest BCUT2D eigenvalue weighted by Crippen LogP contribution is -2.16. The Kier molecular flexibility index (Phi) is 12.3. The first kappa shape index (κ1) is 34.2. The van der Waals surface area contributed by atoms with Gasteiger partial charge in [0.2, 0.25) is 0 Å². The number of carboxylic acids is 1. The van der Waals surface area contributed by atoms with Crippen molar-refractivity contribution in [2.45, 2.75) is 38.1 Å². The summed E-state index contributed by atoms with van der Waals surface area (Å²) < 4.78 is 19.8. The summed E-state index contributed by atoms with van der Waals surface area (Å²) in [7, 11) is 1.39. The molecule has 0 saturated carbocycles. The van der Waals surface area contributed by atoms with E-state index in [2.05, 4.69) is 10.2 Å². The predicted octanol–water partition coefficient (Wildman–Crippen LogP) is 7.14. The summed E-state index contributed by atoms with van der Waals surface area (Å²) in [6.45, 7) is 1.02. The molecule has 0 amide bonds. The minimum atomic E-state index is -0.861. The molecule has 2 atom stereocenters. The fraction of sp³-hybridized carbons (Fsp3) is 0.179. The number of carboxylic acid groups (broad SMARTS) is 1. The van der Waals surface area contributed by atoms with Crippen LogP contribution in [-0.4, -0.2) is 43.7 Å². The lowest BCUT2D eigenvalue weighted by atomic mass is 10.0. The maximum Gasteiger partial charge on any atom is 0.308 e. The Morgan fingerprint density at radius 1 is 0.612 bits per heavy atom. The Balaban J connectivity index is 0.000000191. The molecule has 0 fully saturated rings. The summed E-state index contributed by atoms with van der Waals surface area (Å²) in [6.07, 6.45) is 7.16. The van der Waals surface area contributed by atoms with Crippen molar-refractivity contribution in [3.05, 3.63) is 168 Å². The van der Waals surface area contributed by atoms with Crippen molar-refractivity contribution in [2.24, 2.45) is 0 Å². The van der Waals surface area contributed by atoms with Crippen LogP contribution < -0.4 is 9.47 Å². The number of carbonyl (C=O) groups is 2. The summed E-state index contributed by atoms with van der Waals surface area (Å²) in [5.74, 6) is 0.395. The number of esters is 1. The number of hydrogen-bond acceptors (Lipinski definition) is 7. The molecule has 10 heteroatoms. The molecule has 0 aliphatic rings. The lowest BCUT2D eigenvalue weighted by molar-refractivity contribution is -0.141. The highest BCUT2D eigenvalue weighted by Crippen LogP contribution is 2.26. The average Bonchev–Trinajstić information content (AvgIpc) is 3.89. The third-order valence-corrected chi connectivity index (χ3v) is 7.67. The fourth-order valence-electron chi connectivity index (χ4n) is 5.12. The number of hydrogen-bond donors (Lipinski definition) is 1. The van der Waals surface area contributed by atoms with E-state index in [9.17, 15) is 9.59 Å². The fourth-order valence-corrected chi connectivity index (χ4v) is 5.12. The van der Waals surface area contributed by atoms with E-state index in [1.165, 1.54) is 7.11 Å². The van der Waals surface area contributed by atoms with Crippen LogP contribution in [0.1, 0.15) is 47.2 Å². The van der Waals surface area contributed by atoms with Crippen LogP contribution in [-0.2, 0) is 27.5 Å². The van der Waals surface area contributed by atoms with Gasteiger partial charge >= 0.3 is 11.9 Å². The van der Waals surface area contributed by atoms with Crippen LogP contribution in [0.4, 0.5) is 0 Å². The molecule has 2 heterocycles. The zero-order chi connectivity index (χ0) is 34.3. The van der Waals surface area contributed by atoms with Gasteiger partial charge in [-0.3, -0.25) is 19.0 Å². The minimum absolute atomic E-state index is 0.0219. The maximum absolute atomic E-state index is 11.7. The molecule has 0 spiro atoms. The third-order valence-electron chi connectivity index (χ3n) is 7.67. The molecule has 4 aromatic carbocycles. The first-order valence-corrected chi connectivity index (χ1v) is 15.8. The number of rotatable bonds is 14. The molecule has 2 aromatic heterocycles. The molecule has 0 saturated heterocycles. The van der Waals surface area contributed by atoms with Crippen LogP contribution in [0.5, 0.6) is 11.5 Å². The van der Waals surface area contributed by atoms with Gasteiger partial charge in [-0.1, -0.05) is 84.9 Å². The maximum atomic E-state index is 11.7. The quantitative estimate of drug-likeness (QED) is 0.123. The Morgan fingerprint density at radius 2 is 1.04 bits per heavy atom. The molecule has 2 unspecified atom stereocenters. The van der Waals surface area contributed by atoms with Gasteiger partial charge in [-0.2, -0.15) is 10.2 Å². The number of ether oxygens (including phenoxy) is 3. The second-order valence-electron chi connectivity index (χ2n) is 11.1. The lowest BCUT2D eigenvalue weighted by Gasteiger charge is -2.17. The van der Waals surface area contributed by atoms with Gasteiger partial charge in [0.15, 0.2) is 0 Å². The first-order valence-electron chi connectivity index (χ1n) is 15.8. The molecule has 0 aliphatic heterocycles. The van der Waals surface area contributed by atoms with Crippen molar-refractivity contribution in [3.8, 4) is 11.5 Å². The molecule has 0 radical (unpaired) electrons. The van der Waals surface area contributed by atoms with Crippen LogP contribution in [0.15, 0.2) is 146 Å². The summed E-state index contributed by atoms with van der Waals surface area (Å²) >= 11 is 0. The van der Waals surface area contributed by atoms with E-state index in [0.717, 1.165) is 33.8 Å². The number of aliphatic carboxylic acids is 1. The average molecular weight is 659 g/mol. The van der Waals surface area contributed by atoms with Gasteiger partial charge < -0.3 is 19.3 Å². The van der Waals surface area contributed by atoms with Crippen LogP contribution >= 0.6 is 0 Å². The van der Waals surface area contributed by atoms with E-state index in [-0.39, 0.29) is 30.9 Å². The summed E-state index contributed by atoms with van der Waals surface area (Å²) in [5, 5.41) is 17.6. The van der Waals surface area contributed by atoms with Gasteiger partial charge in [0.25, 0.3) is 0 Å². The number of nitrogens with zero attached hydrogens (tertiary/aromatic N) is 4. The number of benzene rings is 4. The van der Waals surface area contributed by atoms with Gasteiger partial charge in [0, 0.05) is 24.8 Å². The Labute approximate surface area is 285 Å². The Morgan fingerprint density at radius 3 is 1.41 bits per heavy atom. The van der Waals surface area contributed by atoms with E-state index in [1.807, 2.05) is 121 Å². The van der Waals surface area contributed by atoms with Crippen LogP contribution in [0, 0.1) is 0 Å². The molecule has 49 heavy (non-hydrogen) atoms. The molecule has 1 N–H and O–H groups in total.